The van der Waals surface area contributed by atoms with Gasteiger partial charge in [0.25, 0.3) is 11.5 Å². The predicted octanol–water partition coefficient (Wildman–Crippen LogP) is 3.23. The Morgan fingerprint density at radius 3 is 2.44 bits per heavy atom. The number of aromatic nitrogens is 2. The second-order valence-corrected chi connectivity index (χ2v) is 7.38. The molecule has 1 amide bonds. The van der Waals surface area contributed by atoms with Gasteiger partial charge < -0.3 is 5.11 Å². The maximum atomic E-state index is 13.2. The molecule has 1 aromatic heterocycles. The number of carbonyl (C=O) groups is 1. The summed E-state index contributed by atoms with van der Waals surface area (Å²) in [6, 6.07) is 23.4. The molecule has 7 heteroatoms. The van der Waals surface area contributed by atoms with Crippen molar-refractivity contribution in [3.05, 3.63) is 106 Å². The SMILES string of the molecule is C/C(=N/NC(=O)Cn1c(=O)c(Cc2ccccc2)nc2ccccc21)c1ccc(O)cc1. The van der Waals surface area contributed by atoms with Crippen LogP contribution in [0.5, 0.6) is 5.75 Å². The van der Waals surface area contributed by atoms with E-state index in [2.05, 4.69) is 15.5 Å². The number of nitrogens with one attached hydrogen (secondary N) is 1. The van der Waals surface area contributed by atoms with Crippen molar-refractivity contribution in [2.24, 2.45) is 5.10 Å². The fourth-order valence-corrected chi connectivity index (χ4v) is 3.40. The lowest BCUT2D eigenvalue weighted by atomic mass is 10.1. The second-order valence-electron chi connectivity index (χ2n) is 7.38. The van der Waals surface area contributed by atoms with Gasteiger partial charge in [-0.2, -0.15) is 5.10 Å². The summed E-state index contributed by atoms with van der Waals surface area (Å²) in [5.74, 6) is -0.270. The van der Waals surface area contributed by atoms with Crippen LogP contribution in [0, 0.1) is 0 Å². The van der Waals surface area contributed by atoms with E-state index < -0.39 is 5.91 Å². The summed E-state index contributed by atoms with van der Waals surface area (Å²) in [6.07, 6.45) is 0.379. The first kappa shape index (κ1) is 21.0. The summed E-state index contributed by atoms with van der Waals surface area (Å²) >= 11 is 0. The monoisotopic (exact) mass is 426 g/mol. The number of aromatic hydroxyl groups is 1. The van der Waals surface area contributed by atoms with Crippen LogP contribution in [0.3, 0.4) is 0 Å². The third-order valence-corrected chi connectivity index (χ3v) is 5.07. The van der Waals surface area contributed by atoms with Crippen LogP contribution < -0.4 is 11.0 Å². The lowest BCUT2D eigenvalue weighted by molar-refractivity contribution is -0.121. The number of fused-ring (bicyclic) bond motifs is 1. The number of amides is 1. The smallest absolute Gasteiger partial charge is 0.273 e. The van der Waals surface area contributed by atoms with Gasteiger partial charge in [-0.1, -0.05) is 42.5 Å². The van der Waals surface area contributed by atoms with Gasteiger partial charge in [0.05, 0.1) is 16.7 Å². The van der Waals surface area contributed by atoms with Crippen molar-refractivity contribution in [2.45, 2.75) is 19.9 Å². The van der Waals surface area contributed by atoms with Crippen LogP contribution in [-0.2, 0) is 17.8 Å². The molecule has 7 nitrogen and oxygen atoms in total. The van der Waals surface area contributed by atoms with E-state index in [1.165, 1.54) is 4.57 Å². The van der Waals surface area contributed by atoms with Gasteiger partial charge in [-0.25, -0.2) is 10.4 Å². The Hall–Kier alpha value is -4.26. The van der Waals surface area contributed by atoms with Crippen molar-refractivity contribution in [3.63, 3.8) is 0 Å². The minimum atomic E-state index is -0.424. The maximum absolute atomic E-state index is 13.2. The standard InChI is InChI=1S/C25H22N4O3/c1-17(19-11-13-20(30)14-12-19)27-28-24(31)16-29-23-10-6-5-9-21(23)26-22(25(29)32)15-18-7-3-2-4-8-18/h2-14,30H,15-16H2,1H3,(H,28,31)/b27-17-. The van der Waals surface area contributed by atoms with Crippen molar-refractivity contribution in [2.75, 3.05) is 0 Å². The number of hydrogen-bond acceptors (Lipinski definition) is 5. The molecule has 0 aliphatic heterocycles. The molecule has 0 radical (unpaired) electrons. The number of phenolic OH excluding ortho intramolecular Hbond substituents is 1. The zero-order valence-electron chi connectivity index (χ0n) is 17.5. The predicted molar refractivity (Wildman–Crippen MR) is 124 cm³/mol. The molecule has 4 aromatic rings. The van der Waals surface area contributed by atoms with E-state index in [1.807, 2.05) is 48.5 Å². The van der Waals surface area contributed by atoms with Crippen LogP contribution in [-0.4, -0.2) is 26.3 Å². The summed E-state index contributed by atoms with van der Waals surface area (Å²) < 4.78 is 1.43. The molecule has 0 atom stereocenters. The number of rotatable bonds is 6. The Morgan fingerprint density at radius 1 is 1.00 bits per heavy atom. The second kappa shape index (κ2) is 9.26. The zero-order chi connectivity index (χ0) is 22.5. The molecule has 3 aromatic carbocycles. The first-order valence-electron chi connectivity index (χ1n) is 10.2. The molecular weight excluding hydrogens is 404 g/mol. The average Bonchev–Trinajstić information content (AvgIpc) is 2.81. The van der Waals surface area contributed by atoms with Crippen molar-refractivity contribution in [3.8, 4) is 5.75 Å². The highest BCUT2D eigenvalue weighted by Crippen LogP contribution is 2.13. The quantitative estimate of drug-likeness (QED) is 0.365. The van der Waals surface area contributed by atoms with E-state index in [0.29, 0.717) is 28.9 Å². The van der Waals surface area contributed by atoms with Gasteiger partial charge in [-0.05, 0) is 54.4 Å². The van der Waals surface area contributed by atoms with Gasteiger partial charge in [0, 0.05) is 6.42 Å². The van der Waals surface area contributed by atoms with Gasteiger partial charge in [-0.3, -0.25) is 14.2 Å². The Morgan fingerprint density at radius 2 is 1.69 bits per heavy atom. The summed E-state index contributed by atoms with van der Waals surface area (Å²) in [5, 5.41) is 13.5. The van der Waals surface area contributed by atoms with Crippen LogP contribution in [0.15, 0.2) is 88.8 Å². The molecule has 0 spiro atoms. The fraction of sp³-hybridized carbons (Fsp3) is 0.120. The van der Waals surface area contributed by atoms with Crippen molar-refractivity contribution in [1.82, 2.24) is 15.0 Å². The molecule has 32 heavy (non-hydrogen) atoms. The molecule has 4 rings (SSSR count). The largest absolute Gasteiger partial charge is 0.508 e. The van der Waals surface area contributed by atoms with Crippen molar-refractivity contribution >= 4 is 22.7 Å². The number of hydrogen-bond donors (Lipinski definition) is 2. The first-order valence-corrected chi connectivity index (χ1v) is 10.2. The summed E-state index contributed by atoms with van der Waals surface area (Å²) in [5.41, 5.74) is 6.14. The highest BCUT2D eigenvalue weighted by Gasteiger charge is 2.14. The van der Waals surface area contributed by atoms with Crippen LogP contribution in [0.25, 0.3) is 11.0 Å². The van der Waals surface area contributed by atoms with Crippen LogP contribution in [0.4, 0.5) is 0 Å². The topological polar surface area (TPSA) is 96.6 Å². The van der Waals surface area contributed by atoms with Gasteiger partial charge in [-0.15, -0.1) is 0 Å². The number of phenols is 1. The summed E-state index contributed by atoms with van der Waals surface area (Å²) in [7, 11) is 0. The third kappa shape index (κ3) is 4.73. The van der Waals surface area contributed by atoms with E-state index in [1.54, 1.807) is 37.3 Å². The minimum Gasteiger partial charge on any atom is -0.508 e. The van der Waals surface area contributed by atoms with E-state index in [-0.39, 0.29) is 17.9 Å². The van der Waals surface area contributed by atoms with Gasteiger partial charge in [0.2, 0.25) is 0 Å². The highest BCUT2D eigenvalue weighted by atomic mass is 16.3. The molecule has 2 N–H and O–H groups in total. The fourth-order valence-electron chi connectivity index (χ4n) is 3.40. The molecule has 0 saturated heterocycles. The molecule has 0 fully saturated rings. The van der Waals surface area contributed by atoms with Crippen molar-refractivity contribution < 1.29 is 9.90 Å². The Labute approximate surface area is 184 Å². The zero-order valence-corrected chi connectivity index (χ0v) is 17.5. The highest BCUT2D eigenvalue weighted by molar-refractivity contribution is 5.99. The van der Waals surface area contributed by atoms with Gasteiger partial charge in [0.15, 0.2) is 0 Å². The Bertz CT molecular complexity index is 1340. The number of para-hydroxylation sites is 2. The number of hydrazone groups is 1. The number of carbonyl (C=O) groups excluding carboxylic acids is 1. The average molecular weight is 426 g/mol. The third-order valence-electron chi connectivity index (χ3n) is 5.07. The number of nitrogens with zero attached hydrogens (tertiary/aromatic N) is 3. The molecule has 160 valence electrons. The molecular formula is C25H22N4O3. The van der Waals surface area contributed by atoms with Gasteiger partial charge >= 0.3 is 0 Å². The van der Waals surface area contributed by atoms with Crippen molar-refractivity contribution in [1.29, 1.82) is 0 Å². The molecule has 1 heterocycles. The summed E-state index contributed by atoms with van der Waals surface area (Å²) in [4.78, 5) is 30.4. The maximum Gasteiger partial charge on any atom is 0.273 e. The Kier molecular flexibility index (Phi) is 6.07. The Balaban J connectivity index is 1.60. The molecule has 0 aliphatic carbocycles. The summed E-state index contributed by atoms with van der Waals surface area (Å²) in [6.45, 7) is 1.56. The first-order chi connectivity index (χ1) is 15.5. The lowest BCUT2D eigenvalue weighted by Gasteiger charge is -2.12. The van der Waals surface area contributed by atoms with E-state index in [9.17, 15) is 14.7 Å². The van der Waals surface area contributed by atoms with E-state index >= 15 is 0 Å². The van der Waals surface area contributed by atoms with Crippen LogP contribution >= 0.6 is 0 Å². The lowest BCUT2D eigenvalue weighted by Crippen LogP contribution is -2.33. The minimum absolute atomic E-state index is 0.154. The van der Waals surface area contributed by atoms with E-state index in [0.717, 1.165) is 11.1 Å². The molecule has 0 bridgehead atoms. The van der Waals surface area contributed by atoms with Gasteiger partial charge in [0.1, 0.15) is 18.0 Å². The van der Waals surface area contributed by atoms with Crippen LogP contribution in [0.1, 0.15) is 23.7 Å². The molecule has 0 saturated carbocycles. The molecule has 0 aliphatic rings. The normalized spacial score (nSPS) is 11.5. The number of benzene rings is 3. The van der Waals surface area contributed by atoms with Crippen LogP contribution in [0.2, 0.25) is 0 Å². The van der Waals surface area contributed by atoms with E-state index in [4.69, 9.17) is 0 Å². The molecule has 0 unspecified atom stereocenters.